The molecule has 1 aliphatic heterocycles. The topological polar surface area (TPSA) is 58.6 Å². The maximum Gasteiger partial charge on any atom is 0.257 e. The molecule has 128 valence electrons. The van der Waals surface area contributed by atoms with Gasteiger partial charge in [0, 0.05) is 32.5 Å². The summed E-state index contributed by atoms with van der Waals surface area (Å²) < 4.78 is 5.57. The Bertz CT molecular complexity index is 677. The fourth-order valence-electron chi connectivity index (χ4n) is 2.92. The van der Waals surface area contributed by atoms with Crippen LogP contribution < -0.4 is 9.64 Å². The smallest absolute Gasteiger partial charge is 0.257 e. The molecule has 3 rings (SSSR count). The number of aromatic nitrogens is 2. The Kier molecular flexibility index (Phi) is 5.30. The van der Waals surface area contributed by atoms with Crippen LogP contribution in [0.15, 0.2) is 29.2 Å². The lowest BCUT2D eigenvalue weighted by molar-refractivity contribution is -0.130. The van der Waals surface area contributed by atoms with Crippen molar-refractivity contribution >= 4 is 23.1 Å². The van der Waals surface area contributed by atoms with E-state index in [1.54, 1.807) is 23.7 Å². The molecule has 0 unspecified atom stereocenters. The summed E-state index contributed by atoms with van der Waals surface area (Å²) in [7, 11) is 1.89. The lowest BCUT2D eigenvalue weighted by atomic mass is 10.2. The Balaban J connectivity index is 1.63. The molecular formula is C17H22N4O2S. The van der Waals surface area contributed by atoms with Gasteiger partial charge in [-0.3, -0.25) is 4.79 Å². The van der Waals surface area contributed by atoms with E-state index in [1.807, 2.05) is 35.7 Å². The molecule has 2 aromatic heterocycles. The number of carbonyl (C=O) groups is 1. The third kappa shape index (κ3) is 3.67. The largest absolute Gasteiger partial charge is 0.475 e. The minimum Gasteiger partial charge on any atom is -0.475 e. The van der Waals surface area contributed by atoms with E-state index in [0.717, 1.165) is 30.9 Å². The van der Waals surface area contributed by atoms with Gasteiger partial charge in [-0.05, 0) is 35.7 Å². The van der Waals surface area contributed by atoms with Gasteiger partial charge in [0.05, 0.1) is 19.1 Å². The summed E-state index contributed by atoms with van der Waals surface area (Å²) >= 11 is 1.62. The number of ether oxygens (including phenoxy) is 1. The van der Waals surface area contributed by atoms with Gasteiger partial charge in [-0.15, -0.1) is 0 Å². The standard InChI is InChI=1S/C17H22N4O2S/c1-3-23-17-16(18-6-7-19-17)21-8-4-14(11-21)20(2)15(22)10-13-5-9-24-12-13/h5-7,9,12,14H,3-4,8,10-11H2,1-2H3/t14-/m0/s1. The Hall–Kier alpha value is -2.15. The molecule has 0 aromatic carbocycles. The molecule has 2 aromatic rings. The molecule has 1 atom stereocenters. The van der Waals surface area contributed by atoms with Gasteiger partial charge >= 0.3 is 0 Å². The molecule has 0 radical (unpaired) electrons. The average Bonchev–Trinajstić information content (AvgIpc) is 3.26. The van der Waals surface area contributed by atoms with Crippen LogP contribution in [0.2, 0.25) is 0 Å². The Labute approximate surface area is 146 Å². The van der Waals surface area contributed by atoms with E-state index in [2.05, 4.69) is 14.9 Å². The van der Waals surface area contributed by atoms with Crippen molar-refractivity contribution in [3.63, 3.8) is 0 Å². The number of amides is 1. The van der Waals surface area contributed by atoms with Crippen LogP contribution in [-0.4, -0.2) is 53.6 Å². The minimum absolute atomic E-state index is 0.157. The maximum absolute atomic E-state index is 12.5. The quantitative estimate of drug-likeness (QED) is 0.803. The molecule has 7 heteroatoms. The lowest BCUT2D eigenvalue weighted by Gasteiger charge is -2.25. The van der Waals surface area contributed by atoms with Crippen LogP contribution in [0.25, 0.3) is 0 Å². The summed E-state index contributed by atoms with van der Waals surface area (Å²) in [5.41, 5.74) is 1.08. The highest BCUT2D eigenvalue weighted by Crippen LogP contribution is 2.27. The SMILES string of the molecule is CCOc1nccnc1N1CC[C@H](N(C)C(=O)Cc2ccsc2)C1. The number of nitrogens with zero attached hydrogens (tertiary/aromatic N) is 4. The second-order valence-electron chi connectivity index (χ2n) is 5.82. The van der Waals surface area contributed by atoms with Crippen molar-refractivity contribution in [2.45, 2.75) is 25.8 Å². The highest BCUT2D eigenvalue weighted by Gasteiger charge is 2.30. The summed E-state index contributed by atoms with van der Waals surface area (Å²) in [6.45, 7) is 4.09. The summed E-state index contributed by atoms with van der Waals surface area (Å²) in [5, 5.41) is 4.03. The van der Waals surface area contributed by atoms with Crippen molar-refractivity contribution in [3.05, 3.63) is 34.8 Å². The fourth-order valence-corrected chi connectivity index (χ4v) is 3.59. The second-order valence-corrected chi connectivity index (χ2v) is 6.60. The zero-order valence-corrected chi connectivity index (χ0v) is 14.8. The zero-order chi connectivity index (χ0) is 16.9. The summed E-state index contributed by atoms with van der Waals surface area (Å²) in [4.78, 5) is 25.2. The van der Waals surface area contributed by atoms with E-state index < -0.39 is 0 Å². The van der Waals surface area contributed by atoms with Gasteiger partial charge in [0.25, 0.3) is 5.88 Å². The van der Waals surface area contributed by atoms with Crippen LogP contribution in [0.5, 0.6) is 5.88 Å². The predicted molar refractivity (Wildman–Crippen MR) is 94.6 cm³/mol. The van der Waals surface area contributed by atoms with Gasteiger partial charge in [0.1, 0.15) is 0 Å². The molecule has 6 nitrogen and oxygen atoms in total. The number of carbonyl (C=O) groups excluding carboxylic acids is 1. The number of hydrogen-bond acceptors (Lipinski definition) is 6. The van der Waals surface area contributed by atoms with Crippen LogP contribution in [0.4, 0.5) is 5.82 Å². The first-order valence-corrected chi connectivity index (χ1v) is 9.08. The molecule has 24 heavy (non-hydrogen) atoms. The van der Waals surface area contributed by atoms with E-state index in [-0.39, 0.29) is 11.9 Å². The number of thiophene rings is 1. The summed E-state index contributed by atoms with van der Waals surface area (Å²) in [6, 6.07) is 2.19. The number of likely N-dealkylation sites (N-methyl/N-ethyl adjacent to an activating group) is 1. The average molecular weight is 346 g/mol. The molecule has 1 aliphatic rings. The molecule has 0 N–H and O–H groups in total. The van der Waals surface area contributed by atoms with Crippen molar-refractivity contribution in [1.29, 1.82) is 0 Å². The van der Waals surface area contributed by atoms with Gasteiger partial charge in [-0.2, -0.15) is 11.3 Å². The Morgan fingerprint density at radius 1 is 1.46 bits per heavy atom. The lowest BCUT2D eigenvalue weighted by Crippen LogP contribution is -2.40. The van der Waals surface area contributed by atoms with Crippen LogP contribution in [-0.2, 0) is 11.2 Å². The second kappa shape index (κ2) is 7.61. The van der Waals surface area contributed by atoms with E-state index >= 15 is 0 Å². The third-order valence-corrected chi connectivity index (χ3v) is 5.00. The van der Waals surface area contributed by atoms with Crippen molar-refractivity contribution in [2.75, 3.05) is 31.6 Å². The van der Waals surface area contributed by atoms with Crippen LogP contribution in [0, 0.1) is 0 Å². The van der Waals surface area contributed by atoms with Gasteiger partial charge in [0.15, 0.2) is 5.82 Å². The molecule has 1 fully saturated rings. The normalized spacial score (nSPS) is 17.1. The molecule has 1 saturated heterocycles. The highest BCUT2D eigenvalue weighted by molar-refractivity contribution is 7.08. The zero-order valence-electron chi connectivity index (χ0n) is 14.0. The molecule has 0 saturated carbocycles. The van der Waals surface area contributed by atoms with Crippen molar-refractivity contribution < 1.29 is 9.53 Å². The first-order valence-electron chi connectivity index (χ1n) is 8.14. The van der Waals surface area contributed by atoms with Crippen LogP contribution in [0.1, 0.15) is 18.9 Å². The first kappa shape index (κ1) is 16.7. The number of anilines is 1. The third-order valence-electron chi connectivity index (χ3n) is 4.27. The maximum atomic E-state index is 12.5. The van der Waals surface area contributed by atoms with E-state index in [0.29, 0.717) is 18.9 Å². The van der Waals surface area contributed by atoms with Crippen molar-refractivity contribution in [2.24, 2.45) is 0 Å². The van der Waals surface area contributed by atoms with Gasteiger partial charge in [-0.25, -0.2) is 9.97 Å². The molecule has 0 bridgehead atoms. The number of rotatable bonds is 6. The molecule has 1 amide bonds. The molecule has 0 aliphatic carbocycles. The minimum atomic E-state index is 0.157. The highest BCUT2D eigenvalue weighted by atomic mass is 32.1. The van der Waals surface area contributed by atoms with E-state index in [9.17, 15) is 4.79 Å². The van der Waals surface area contributed by atoms with Gasteiger partial charge in [0.2, 0.25) is 5.91 Å². The monoisotopic (exact) mass is 346 g/mol. The first-order chi connectivity index (χ1) is 11.7. The van der Waals surface area contributed by atoms with Gasteiger partial charge < -0.3 is 14.5 Å². The van der Waals surface area contributed by atoms with Crippen molar-refractivity contribution in [1.82, 2.24) is 14.9 Å². The summed E-state index contributed by atoms with van der Waals surface area (Å²) in [6.07, 6.45) is 4.70. The number of hydrogen-bond donors (Lipinski definition) is 0. The van der Waals surface area contributed by atoms with Crippen LogP contribution >= 0.6 is 11.3 Å². The molecular weight excluding hydrogens is 324 g/mol. The Morgan fingerprint density at radius 2 is 2.29 bits per heavy atom. The Morgan fingerprint density at radius 3 is 3.04 bits per heavy atom. The van der Waals surface area contributed by atoms with E-state index in [1.165, 1.54) is 0 Å². The molecule has 3 heterocycles. The van der Waals surface area contributed by atoms with Crippen LogP contribution in [0.3, 0.4) is 0 Å². The fraction of sp³-hybridized carbons (Fsp3) is 0.471. The predicted octanol–water partition coefficient (Wildman–Crippen LogP) is 2.22. The van der Waals surface area contributed by atoms with Gasteiger partial charge in [-0.1, -0.05) is 0 Å². The van der Waals surface area contributed by atoms with Crippen molar-refractivity contribution in [3.8, 4) is 5.88 Å². The summed E-state index contributed by atoms with van der Waals surface area (Å²) in [5.74, 6) is 1.48. The van der Waals surface area contributed by atoms with E-state index in [4.69, 9.17) is 4.74 Å². The molecule has 0 spiro atoms.